The van der Waals surface area contributed by atoms with E-state index in [0.29, 0.717) is 12.3 Å². The van der Waals surface area contributed by atoms with Gasteiger partial charge in [-0.05, 0) is 25.5 Å². The lowest BCUT2D eigenvalue weighted by atomic mass is 10.1. The molecule has 0 saturated carbocycles. The molecule has 0 aromatic heterocycles. The number of carbonyl (C=O) groups is 2. The first kappa shape index (κ1) is 18.2. The van der Waals surface area contributed by atoms with Gasteiger partial charge in [0, 0.05) is 12.6 Å². The summed E-state index contributed by atoms with van der Waals surface area (Å²) in [5.74, 6) is -0.567. The number of nitrogens with zero attached hydrogens (tertiary/aromatic N) is 1. The van der Waals surface area contributed by atoms with Gasteiger partial charge < -0.3 is 19.5 Å². The summed E-state index contributed by atoms with van der Waals surface area (Å²) in [6, 6.07) is 2.63. The van der Waals surface area contributed by atoms with Gasteiger partial charge in [0.15, 0.2) is 17.6 Å². The maximum absolute atomic E-state index is 11.8. The molecule has 1 aliphatic rings. The number of nitro benzene ring substituents is 1. The van der Waals surface area contributed by atoms with Crippen molar-refractivity contribution < 1.29 is 28.7 Å². The number of carbonyl (C=O) groups excluding carboxylic acids is 2. The number of benzene rings is 1. The second kappa shape index (κ2) is 8.13. The number of amides is 1. The molecule has 9 nitrogen and oxygen atoms in total. The van der Waals surface area contributed by atoms with Crippen molar-refractivity contribution in [1.82, 2.24) is 5.32 Å². The molecule has 0 fully saturated rings. The minimum absolute atomic E-state index is 0.0217. The molecular formula is C16H18N2O7. The van der Waals surface area contributed by atoms with Crippen molar-refractivity contribution >= 4 is 23.6 Å². The third kappa shape index (κ3) is 4.69. The predicted molar refractivity (Wildman–Crippen MR) is 87.1 cm³/mol. The highest BCUT2D eigenvalue weighted by Crippen LogP contribution is 2.38. The minimum atomic E-state index is -0.963. The van der Waals surface area contributed by atoms with E-state index < -0.39 is 22.9 Å². The monoisotopic (exact) mass is 350 g/mol. The van der Waals surface area contributed by atoms with E-state index in [1.807, 2.05) is 6.92 Å². The third-order valence-corrected chi connectivity index (χ3v) is 3.33. The van der Waals surface area contributed by atoms with Crippen LogP contribution in [0.2, 0.25) is 0 Å². The lowest BCUT2D eigenvalue weighted by Crippen LogP contribution is -2.35. The molecule has 0 aliphatic carbocycles. The summed E-state index contributed by atoms with van der Waals surface area (Å²) in [5, 5.41) is 13.7. The average molecular weight is 350 g/mol. The Hall–Kier alpha value is -3.10. The molecule has 1 atom stereocenters. The van der Waals surface area contributed by atoms with E-state index in [0.717, 1.165) is 12.5 Å². The van der Waals surface area contributed by atoms with Crippen LogP contribution >= 0.6 is 0 Å². The summed E-state index contributed by atoms with van der Waals surface area (Å²) >= 11 is 0. The predicted octanol–water partition coefficient (Wildman–Crippen LogP) is 1.79. The standard InChI is InChI=1S/C16H18N2O7/c1-3-6-17-16(20)10(2)25-15(19)5-4-11-7-13-14(24-9-23-13)8-12(11)18(21)22/h4-5,7-8,10H,3,6,9H2,1-2H3,(H,17,20)/b5-4+. The largest absolute Gasteiger partial charge is 0.454 e. The molecule has 0 spiro atoms. The molecule has 1 N–H and O–H groups in total. The summed E-state index contributed by atoms with van der Waals surface area (Å²) in [7, 11) is 0. The molecule has 9 heteroatoms. The van der Waals surface area contributed by atoms with Gasteiger partial charge in [0.1, 0.15) is 0 Å². The fraction of sp³-hybridized carbons (Fsp3) is 0.375. The smallest absolute Gasteiger partial charge is 0.331 e. The molecule has 1 aromatic carbocycles. The van der Waals surface area contributed by atoms with E-state index in [2.05, 4.69) is 5.32 Å². The van der Waals surface area contributed by atoms with Gasteiger partial charge >= 0.3 is 5.97 Å². The van der Waals surface area contributed by atoms with Crippen LogP contribution in [-0.4, -0.2) is 36.2 Å². The second-order valence-corrected chi connectivity index (χ2v) is 5.22. The highest BCUT2D eigenvalue weighted by atomic mass is 16.7. The van der Waals surface area contributed by atoms with Gasteiger partial charge in [-0.25, -0.2) is 4.79 Å². The minimum Gasteiger partial charge on any atom is -0.454 e. The zero-order chi connectivity index (χ0) is 18.4. The summed E-state index contributed by atoms with van der Waals surface area (Å²) in [6.45, 7) is 3.81. The van der Waals surface area contributed by atoms with Crippen molar-refractivity contribution in [1.29, 1.82) is 0 Å². The Balaban J connectivity index is 2.07. The fourth-order valence-electron chi connectivity index (χ4n) is 2.06. The van der Waals surface area contributed by atoms with Crippen molar-refractivity contribution in [3.05, 3.63) is 33.9 Å². The number of nitrogens with one attached hydrogen (secondary N) is 1. The maximum atomic E-state index is 11.8. The molecule has 134 valence electrons. The van der Waals surface area contributed by atoms with Gasteiger partial charge in [-0.2, -0.15) is 0 Å². The van der Waals surface area contributed by atoms with Crippen LogP contribution in [0.25, 0.3) is 6.08 Å². The third-order valence-electron chi connectivity index (χ3n) is 3.33. The van der Waals surface area contributed by atoms with Crippen molar-refractivity contribution in [2.45, 2.75) is 26.4 Å². The van der Waals surface area contributed by atoms with E-state index >= 15 is 0 Å². The Morgan fingerprint density at radius 3 is 2.72 bits per heavy atom. The van der Waals surface area contributed by atoms with Crippen LogP contribution in [0.5, 0.6) is 11.5 Å². The highest BCUT2D eigenvalue weighted by Gasteiger charge is 2.22. The number of hydrogen-bond acceptors (Lipinski definition) is 7. The maximum Gasteiger partial charge on any atom is 0.331 e. The number of esters is 1. The van der Waals surface area contributed by atoms with Crippen LogP contribution in [0.15, 0.2) is 18.2 Å². The molecule has 1 heterocycles. The van der Waals surface area contributed by atoms with Gasteiger partial charge in [0.05, 0.1) is 16.6 Å². The van der Waals surface area contributed by atoms with E-state index in [4.69, 9.17) is 14.2 Å². The topological polar surface area (TPSA) is 117 Å². The Bertz CT molecular complexity index is 715. The molecule has 1 aromatic rings. The van der Waals surface area contributed by atoms with Crippen molar-refractivity contribution in [2.24, 2.45) is 0 Å². The lowest BCUT2D eigenvalue weighted by Gasteiger charge is -2.11. The molecule has 25 heavy (non-hydrogen) atoms. The molecule has 0 radical (unpaired) electrons. The number of hydrogen-bond donors (Lipinski definition) is 1. The first-order valence-electron chi connectivity index (χ1n) is 7.66. The van der Waals surface area contributed by atoms with E-state index in [1.165, 1.54) is 25.1 Å². The molecule has 1 unspecified atom stereocenters. The molecule has 0 bridgehead atoms. The summed E-state index contributed by atoms with van der Waals surface area (Å²) in [5.41, 5.74) is -0.0728. The van der Waals surface area contributed by atoms with Crippen LogP contribution in [0, 0.1) is 10.1 Å². The Morgan fingerprint density at radius 2 is 2.08 bits per heavy atom. The SMILES string of the molecule is CCCNC(=O)C(C)OC(=O)/C=C/c1cc2c(cc1[N+](=O)[O-])OCO2. The molecule has 2 rings (SSSR count). The number of nitro groups is 1. The Kier molecular flexibility index (Phi) is 5.93. The van der Waals surface area contributed by atoms with Gasteiger partial charge in [-0.1, -0.05) is 6.92 Å². The fourth-order valence-corrected chi connectivity index (χ4v) is 2.06. The van der Waals surface area contributed by atoms with Crippen LogP contribution in [0.3, 0.4) is 0 Å². The highest BCUT2D eigenvalue weighted by molar-refractivity contribution is 5.91. The molecular weight excluding hydrogens is 332 g/mol. The van der Waals surface area contributed by atoms with Gasteiger partial charge in [0.25, 0.3) is 11.6 Å². The van der Waals surface area contributed by atoms with E-state index in [-0.39, 0.29) is 23.8 Å². The van der Waals surface area contributed by atoms with Crippen molar-refractivity contribution in [3.63, 3.8) is 0 Å². The summed E-state index contributed by atoms with van der Waals surface area (Å²) < 4.78 is 15.2. The average Bonchev–Trinajstić information content (AvgIpc) is 3.04. The first-order chi connectivity index (χ1) is 11.9. The zero-order valence-electron chi connectivity index (χ0n) is 13.8. The quantitative estimate of drug-likeness (QED) is 0.345. The van der Waals surface area contributed by atoms with Crippen LogP contribution in [0.4, 0.5) is 5.69 Å². The van der Waals surface area contributed by atoms with Crippen LogP contribution in [0.1, 0.15) is 25.8 Å². The number of rotatable bonds is 7. The summed E-state index contributed by atoms with van der Waals surface area (Å²) in [6.07, 6.45) is 2.06. The Morgan fingerprint density at radius 1 is 1.40 bits per heavy atom. The van der Waals surface area contributed by atoms with Crippen LogP contribution in [-0.2, 0) is 14.3 Å². The summed E-state index contributed by atoms with van der Waals surface area (Å²) in [4.78, 5) is 34.0. The number of fused-ring (bicyclic) bond motifs is 1. The number of ether oxygens (including phenoxy) is 3. The zero-order valence-corrected chi connectivity index (χ0v) is 13.8. The van der Waals surface area contributed by atoms with E-state index in [1.54, 1.807) is 0 Å². The lowest BCUT2D eigenvalue weighted by molar-refractivity contribution is -0.385. The van der Waals surface area contributed by atoms with Crippen LogP contribution < -0.4 is 14.8 Å². The normalized spacial score (nSPS) is 13.5. The first-order valence-corrected chi connectivity index (χ1v) is 7.66. The molecule has 1 aliphatic heterocycles. The Labute approximate surface area is 143 Å². The van der Waals surface area contributed by atoms with Crippen molar-refractivity contribution in [3.8, 4) is 11.5 Å². The van der Waals surface area contributed by atoms with Gasteiger partial charge in [-0.15, -0.1) is 0 Å². The molecule has 0 saturated heterocycles. The molecule has 1 amide bonds. The van der Waals surface area contributed by atoms with Gasteiger partial charge in [0.2, 0.25) is 6.79 Å². The van der Waals surface area contributed by atoms with Gasteiger partial charge in [-0.3, -0.25) is 14.9 Å². The van der Waals surface area contributed by atoms with Crippen molar-refractivity contribution in [2.75, 3.05) is 13.3 Å². The van der Waals surface area contributed by atoms with E-state index in [9.17, 15) is 19.7 Å². The second-order valence-electron chi connectivity index (χ2n) is 5.22.